The van der Waals surface area contributed by atoms with E-state index in [0.717, 1.165) is 17.2 Å². The van der Waals surface area contributed by atoms with E-state index in [1.54, 1.807) is 12.1 Å². The van der Waals surface area contributed by atoms with E-state index in [2.05, 4.69) is 10.0 Å². The molecule has 10 heteroatoms. The van der Waals surface area contributed by atoms with Crippen LogP contribution >= 0.6 is 11.6 Å². The molecule has 1 heterocycles. The lowest BCUT2D eigenvalue weighted by atomic mass is 10.1. The van der Waals surface area contributed by atoms with Crippen molar-refractivity contribution in [2.24, 2.45) is 5.14 Å². The van der Waals surface area contributed by atoms with E-state index < -0.39 is 31.1 Å². The van der Waals surface area contributed by atoms with Gasteiger partial charge in [-0.3, -0.25) is 0 Å². The van der Waals surface area contributed by atoms with Gasteiger partial charge in [-0.05, 0) is 30.2 Å². The van der Waals surface area contributed by atoms with Crippen LogP contribution in [0.2, 0.25) is 5.02 Å². The summed E-state index contributed by atoms with van der Waals surface area (Å²) in [7, 11) is -8.09. The second kappa shape index (κ2) is 5.71. The van der Waals surface area contributed by atoms with E-state index in [1.807, 2.05) is 19.1 Å². The van der Waals surface area contributed by atoms with Crippen LogP contribution in [0.1, 0.15) is 17.3 Å². The highest BCUT2D eigenvalue weighted by Gasteiger charge is 2.32. The van der Waals surface area contributed by atoms with Crippen LogP contribution in [0.15, 0.2) is 46.2 Å². The van der Waals surface area contributed by atoms with Crippen molar-refractivity contribution in [3.05, 3.63) is 52.5 Å². The van der Waals surface area contributed by atoms with Crippen molar-refractivity contribution in [3.63, 3.8) is 0 Å². The van der Waals surface area contributed by atoms with Gasteiger partial charge in [0.05, 0.1) is 10.7 Å². The van der Waals surface area contributed by atoms with Crippen molar-refractivity contribution in [2.45, 2.75) is 22.9 Å². The summed E-state index contributed by atoms with van der Waals surface area (Å²) in [6, 6.07) is 9.50. The molecule has 1 aliphatic heterocycles. The summed E-state index contributed by atoms with van der Waals surface area (Å²) in [6.45, 7) is 1.86. The molecule has 1 atom stereocenters. The lowest BCUT2D eigenvalue weighted by Crippen LogP contribution is -2.38. The van der Waals surface area contributed by atoms with Gasteiger partial charge in [-0.25, -0.2) is 22.0 Å². The minimum atomic E-state index is -4.14. The Hall–Kier alpha value is -1.65. The average molecular weight is 388 g/mol. The maximum Gasteiger partial charge on any atom is 0.244 e. The van der Waals surface area contributed by atoms with E-state index in [4.69, 9.17) is 16.7 Å². The molecule has 2 aromatic rings. The first-order valence-electron chi connectivity index (χ1n) is 6.80. The minimum absolute atomic E-state index is 0.149. The van der Waals surface area contributed by atoms with Crippen LogP contribution in [-0.4, -0.2) is 16.8 Å². The fraction of sp³-hybridized carbons (Fsp3) is 0.143. The third kappa shape index (κ3) is 3.01. The Kier molecular flexibility index (Phi) is 4.09. The molecule has 0 bridgehead atoms. The van der Waals surface area contributed by atoms with Crippen LogP contribution in [0.4, 0.5) is 5.69 Å². The molecule has 0 unspecified atom stereocenters. The summed E-state index contributed by atoms with van der Waals surface area (Å²) in [5.41, 5.74) is 1.85. The third-order valence-electron chi connectivity index (χ3n) is 3.70. The minimum Gasteiger partial charge on any atom is -0.364 e. The van der Waals surface area contributed by atoms with E-state index in [9.17, 15) is 16.8 Å². The second-order valence-electron chi connectivity index (χ2n) is 5.38. The van der Waals surface area contributed by atoms with E-state index in [0.29, 0.717) is 0 Å². The van der Waals surface area contributed by atoms with Crippen LogP contribution in [-0.2, 0) is 20.0 Å². The Morgan fingerprint density at radius 2 is 1.88 bits per heavy atom. The summed E-state index contributed by atoms with van der Waals surface area (Å²) < 4.78 is 50.6. The first kappa shape index (κ1) is 17.2. The van der Waals surface area contributed by atoms with Crippen molar-refractivity contribution < 1.29 is 16.8 Å². The summed E-state index contributed by atoms with van der Waals surface area (Å²) in [5.74, 6) is 0. The monoisotopic (exact) mass is 387 g/mol. The smallest absolute Gasteiger partial charge is 0.244 e. The SMILES string of the molecule is Cc1ccccc1[C@@H]1Nc2cc(Cl)c(S(N)(=O)=O)cc2S(=O)(=O)N1. The molecule has 2 aromatic carbocycles. The van der Waals surface area contributed by atoms with Crippen LogP contribution < -0.4 is 15.2 Å². The number of fused-ring (bicyclic) bond motifs is 1. The molecular weight excluding hydrogens is 374 g/mol. The Morgan fingerprint density at radius 3 is 2.50 bits per heavy atom. The molecular formula is C14H14ClN3O4S2. The standard InChI is InChI=1S/C14H14ClN3O4S2/c1-8-4-2-3-5-9(8)14-17-11-6-10(15)12(23(16,19)20)7-13(11)24(21,22)18-14/h2-7,14,17-18H,1H3,(H2,16,19,20)/t14-/m1/s1. The van der Waals surface area contributed by atoms with E-state index in [-0.39, 0.29) is 15.6 Å². The number of sulfonamides is 2. The Morgan fingerprint density at radius 1 is 1.21 bits per heavy atom. The van der Waals surface area contributed by atoms with Crippen LogP contribution in [0.5, 0.6) is 0 Å². The number of benzene rings is 2. The highest BCUT2D eigenvalue weighted by Crippen LogP contribution is 2.36. The molecule has 24 heavy (non-hydrogen) atoms. The zero-order valence-electron chi connectivity index (χ0n) is 12.4. The van der Waals surface area contributed by atoms with Crippen LogP contribution in [0.3, 0.4) is 0 Å². The van der Waals surface area contributed by atoms with Gasteiger partial charge in [0.25, 0.3) is 0 Å². The van der Waals surface area contributed by atoms with Gasteiger partial charge >= 0.3 is 0 Å². The number of rotatable bonds is 2. The van der Waals surface area contributed by atoms with Gasteiger partial charge in [-0.2, -0.15) is 4.72 Å². The summed E-state index contributed by atoms with van der Waals surface area (Å²) in [4.78, 5) is -0.662. The molecule has 3 rings (SSSR count). The Balaban J connectivity index is 2.16. The number of nitrogens with two attached hydrogens (primary N) is 1. The summed E-state index contributed by atoms with van der Waals surface area (Å²) in [6.07, 6.45) is -0.694. The van der Waals surface area contributed by atoms with Gasteiger partial charge in [0, 0.05) is 0 Å². The van der Waals surface area contributed by atoms with Crippen molar-refractivity contribution in [3.8, 4) is 0 Å². The summed E-state index contributed by atoms with van der Waals surface area (Å²) >= 11 is 5.95. The average Bonchev–Trinajstić information content (AvgIpc) is 2.44. The second-order valence-corrected chi connectivity index (χ2v) is 9.00. The van der Waals surface area contributed by atoms with E-state index in [1.165, 1.54) is 6.07 Å². The topological polar surface area (TPSA) is 118 Å². The molecule has 1 aliphatic rings. The molecule has 0 saturated carbocycles. The van der Waals surface area contributed by atoms with Crippen molar-refractivity contribution in [2.75, 3.05) is 5.32 Å². The third-order valence-corrected chi connectivity index (χ3v) is 6.54. The van der Waals surface area contributed by atoms with Gasteiger partial charge in [0.2, 0.25) is 20.0 Å². The zero-order valence-corrected chi connectivity index (χ0v) is 14.8. The maximum absolute atomic E-state index is 12.5. The molecule has 0 spiro atoms. The first-order chi connectivity index (χ1) is 11.1. The molecule has 0 amide bonds. The normalized spacial score (nSPS) is 19.4. The predicted octanol–water partition coefficient (Wildman–Crippen LogP) is 1.70. The van der Waals surface area contributed by atoms with Crippen molar-refractivity contribution >= 4 is 37.3 Å². The van der Waals surface area contributed by atoms with Gasteiger partial charge in [-0.1, -0.05) is 35.9 Å². The molecule has 0 fully saturated rings. The number of aryl methyl sites for hydroxylation is 1. The molecule has 0 aromatic heterocycles. The van der Waals surface area contributed by atoms with Crippen LogP contribution in [0, 0.1) is 6.92 Å². The Labute approximate surface area is 144 Å². The number of hydrogen-bond donors (Lipinski definition) is 3. The Bertz CT molecular complexity index is 1040. The zero-order chi connectivity index (χ0) is 17.7. The van der Waals surface area contributed by atoms with Gasteiger partial charge in [0.15, 0.2) is 0 Å². The first-order valence-corrected chi connectivity index (χ1v) is 10.2. The fourth-order valence-electron chi connectivity index (χ4n) is 2.54. The van der Waals surface area contributed by atoms with Crippen molar-refractivity contribution in [1.29, 1.82) is 0 Å². The van der Waals surface area contributed by atoms with Gasteiger partial charge in [-0.15, -0.1) is 0 Å². The predicted molar refractivity (Wildman–Crippen MR) is 90.7 cm³/mol. The maximum atomic E-state index is 12.5. The number of hydrogen-bond acceptors (Lipinski definition) is 5. The lowest BCUT2D eigenvalue weighted by Gasteiger charge is -2.29. The molecule has 7 nitrogen and oxygen atoms in total. The number of nitrogens with one attached hydrogen (secondary N) is 2. The molecule has 4 N–H and O–H groups in total. The van der Waals surface area contributed by atoms with Gasteiger partial charge < -0.3 is 5.32 Å². The van der Waals surface area contributed by atoms with Crippen LogP contribution in [0.25, 0.3) is 0 Å². The molecule has 0 saturated heterocycles. The van der Waals surface area contributed by atoms with Crippen molar-refractivity contribution in [1.82, 2.24) is 4.72 Å². The highest BCUT2D eigenvalue weighted by molar-refractivity contribution is 7.90. The van der Waals surface area contributed by atoms with E-state index >= 15 is 0 Å². The summed E-state index contributed by atoms with van der Waals surface area (Å²) in [5, 5.41) is 7.94. The number of primary sulfonamides is 1. The quantitative estimate of drug-likeness (QED) is 0.724. The van der Waals surface area contributed by atoms with Gasteiger partial charge in [0.1, 0.15) is 16.0 Å². The fourth-order valence-corrected chi connectivity index (χ4v) is 5.02. The largest absolute Gasteiger partial charge is 0.364 e. The number of halogens is 1. The lowest BCUT2D eigenvalue weighted by molar-refractivity contribution is 0.561. The highest BCUT2D eigenvalue weighted by atomic mass is 35.5. The molecule has 0 radical (unpaired) electrons. The molecule has 0 aliphatic carbocycles. The number of anilines is 1. The molecule has 128 valence electrons.